The van der Waals surface area contributed by atoms with Crippen molar-refractivity contribution in [2.75, 3.05) is 4.90 Å². The van der Waals surface area contributed by atoms with Crippen LogP contribution in [0.3, 0.4) is 0 Å². The maximum Gasteiger partial charge on any atom is 0.136 e. The van der Waals surface area contributed by atoms with Gasteiger partial charge in [-0.1, -0.05) is 94.4 Å². The van der Waals surface area contributed by atoms with Gasteiger partial charge in [0.15, 0.2) is 0 Å². The Labute approximate surface area is 267 Å². The number of fused-ring (bicyclic) bond motifs is 10. The number of hydrogen-bond donors (Lipinski definition) is 0. The first kappa shape index (κ1) is 26.5. The Morgan fingerprint density at radius 2 is 1.16 bits per heavy atom. The maximum atomic E-state index is 6.58. The molecule has 0 spiro atoms. The highest BCUT2D eigenvalue weighted by molar-refractivity contribution is 7.25. The largest absolute Gasteiger partial charge is 0.456 e. The topological polar surface area (TPSA) is 16.4 Å². The van der Waals surface area contributed by atoms with Gasteiger partial charge in [-0.2, -0.15) is 0 Å². The van der Waals surface area contributed by atoms with Crippen molar-refractivity contribution in [3.63, 3.8) is 0 Å². The molecule has 0 aliphatic heterocycles. The number of anilines is 3. The molecule has 0 radical (unpaired) electrons. The zero-order valence-corrected chi connectivity index (χ0v) is 26.7. The molecular formula is C42H33NOS. The van der Waals surface area contributed by atoms with Gasteiger partial charge in [0.25, 0.3) is 0 Å². The molecule has 1 aliphatic rings. The van der Waals surface area contributed by atoms with E-state index >= 15 is 0 Å². The van der Waals surface area contributed by atoms with E-state index in [1.54, 1.807) is 0 Å². The predicted octanol–water partition coefficient (Wildman–Crippen LogP) is 12.7. The van der Waals surface area contributed by atoms with Gasteiger partial charge in [0.1, 0.15) is 11.2 Å². The van der Waals surface area contributed by atoms with E-state index < -0.39 is 0 Å². The molecule has 8 aromatic rings. The van der Waals surface area contributed by atoms with Crippen molar-refractivity contribution in [2.24, 2.45) is 0 Å². The fourth-order valence-electron chi connectivity index (χ4n) is 7.59. The van der Waals surface area contributed by atoms with E-state index in [1.807, 2.05) is 11.3 Å². The van der Waals surface area contributed by atoms with Gasteiger partial charge in [0.05, 0.1) is 0 Å². The lowest BCUT2D eigenvalue weighted by Gasteiger charge is -2.48. The van der Waals surface area contributed by atoms with Crippen LogP contribution in [0.5, 0.6) is 0 Å². The fraction of sp³-hybridized carbons (Fsp3) is 0.143. The number of nitrogens with zero attached hydrogens (tertiary/aromatic N) is 1. The van der Waals surface area contributed by atoms with E-state index in [-0.39, 0.29) is 10.8 Å². The molecule has 9 rings (SSSR count). The molecule has 0 atom stereocenters. The Hall–Kier alpha value is -4.86. The van der Waals surface area contributed by atoms with Crippen LogP contribution >= 0.6 is 11.3 Å². The molecule has 0 saturated heterocycles. The SMILES string of the molecule is CC1(C)c2ccccc2-c2c(ccc3oc4ccc(N(c5ccccc5)c5ccc6sc7ccccc7c6c5)cc4c23)C1(C)C. The van der Waals surface area contributed by atoms with Gasteiger partial charge in [0, 0.05) is 48.0 Å². The summed E-state index contributed by atoms with van der Waals surface area (Å²) in [5.41, 5.74) is 10.5. The summed E-state index contributed by atoms with van der Waals surface area (Å²) in [5.74, 6) is 0. The molecule has 0 amide bonds. The van der Waals surface area contributed by atoms with Gasteiger partial charge in [0.2, 0.25) is 0 Å². The van der Waals surface area contributed by atoms with Crippen LogP contribution in [-0.2, 0) is 10.8 Å². The molecule has 0 N–H and O–H groups in total. The molecule has 1 aliphatic carbocycles. The van der Waals surface area contributed by atoms with Gasteiger partial charge in [-0.05, 0) is 93.7 Å². The highest BCUT2D eigenvalue weighted by atomic mass is 32.1. The summed E-state index contributed by atoms with van der Waals surface area (Å²) in [6.45, 7) is 9.55. The van der Waals surface area contributed by atoms with E-state index in [0.29, 0.717) is 0 Å². The van der Waals surface area contributed by atoms with E-state index in [4.69, 9.17) is 4.42 Å². The second kappa shape index (κ2) is 9.32. The van der Waals surface area contributed by atoms with Crippen LogP contribution in [0.1, 0.15) is 38.8 Å². The lowest BCUT2D eigenvalue weighted by atomic mass is 9.55. The number of benzene rings is 6. The third kappa shape index (κ3) is 3.68. The van der Waals surface area contributed by atoms with Gasteiger partial charge >= 0.3 is 0 Å². The summed E-state index contributed by atoms with van der Waals surface area (Å²) >= 11 is 1.85. The normalized spacial score (nSPS) is 15.0. The van der Waals surface area contributed by atoms with E-state index in [1.165, 1.54) is 47.8 Å². The molecule has 2 nitrogen and oxygen atoms in total. The van der Waals surface area contributed by atoms with Crippen molar-refractivity contribution >= 4 is 70.5 Å². The summed E-state index contributed by atoms with van der Waals surface area (Å²) in [4.78, 5) is 2.38. The number of furan rings is 1. The minimum absolute atomic E-state index is 0.0243. The number of para-hydroxylation sites is 1. The van der Waals surface area contributed by atoms with Gasteiger partial charge in [-0.25, -0.2) is 0 Å². The molecule has 0 bridgehead atoms. The number of rotatable bonds is 3. The van der Waals surface area contributed by atoms with Crippen LogP contribution < -0.4 is 4.90 Å². The molecule has 3 heteroatoms. The molecule has 0 saturated carbocycles. The molecule has 0 unspecified atom stereocenters. The summed E-state index contributed by atoms with van der Waals surface area (Å²) in [6, 6.07) is 46.4. The molecule has 0 fully saturated rings. The van der Waals surface area contributed by atoms with Gasteiger partial charge in [-0.15, -0.1) is 11.3 Å². The van der Waals surface area contributed by atoms with Crippen molar-refractivity contribution in [3.8, 4) is 11.1 Å². The summed E-state index contributed by atoms with van der Waals surface area (Å²) < 4.78 is 9.20. The van der Waals surface area contributed by atoms with E-state index in [0.717, 1.165) is 33.6 Å². The van der Waals surface area contributed by atoms with Crippen molar-refractivity contribution in [2.45, 2.75) is 38.5 Å². The third-order valence-electron chi connectivity index (χ3n) is 10.6. The van der Waals surface area contributed by atoms with Crippen LogP contribution in [0, 0.1) is 0 Å². The average Bonchev–Trinajstić information content (AvgIpc) is 3.62. The molecule has 218 valence electrons. The van der Waals surface area contributed by atoms with E-state index in [9.17, 15) is 0 Å². The second-order valence-corrected chi connectivity index (χ2v) is 14.5. The zero-order valence-electron chi connectivity index (χ0n) is 25.9. The number of hydrogen-bond acceptors (Lipinski definition) is 3. The summed E-state index contributed by atoms with van der Waals surface area (Å²) in [6.07, 6.45) is 0. The van der Waals surface area contributed by atoms with Gasteiger partial charge < -0.3 is 9.32 Å². The third-order valence-corrected chi connectivity index (χ3v) is 11.8. The first-order valence-electron chi connectivity index (χ1n) is 15.7. The fourth-order valence-corrected chi connectivity index (χ4v) is 8.68. The quantitative estimate of drug-likeness (QED) is 0.201. The zero-order chi connectivity index (χ0) is 30.5. The van der Waals surface area contributed by atoms with Crippen molar-refractivity contribution in [1.29, 1.82) is 0 Å². The summed E-state index contributed by atoms with van der Waals surface area (Å²) in [7, 11) is 0. The van der Waals surface area contributed by atoms with Gasteiger partial charge in [-0.3, -0.25) is 0 Å². The van der Waals surface area contributed by atoms with E-state index in [2.05, 4.69) is 160 Å². The summed E-state index contributed by atoms with van der Waals surface area (Å²) in [5, 5.41) is 4.94. The Bertz CT molecular complexity index is 2440. The Kier molecular flexibility index (Phi) is 5.50. The molecule has 2 heterocycles. The Morgan fingerprint density at radius 1 is 0.511 bits per heavy atom. The second-order valence-electron chi connectivity index (χ2n) is 13.4. The Morgan fingerprint density at radius 3 is 2.00 bits per heavy atom. The van der Waals surface area contributed by atoms with Crippen molar-refractivity contribution in [1.82, 2.24) is 0 Å². The minimum atomic E-state index is -0.0686. The van der Waals surface area contributed by atoms with Crippen LogP contribution in [0.15, 0.2) is 132 Å². The van der Waals surface area contributed by atoms with Crippen LogP contribution in [0.4, 0.5) is 17.1 Å². The average molecular weight is 600 g/mol. The molecule has 6 aromatic carbocycles. The number of thiophene rings is 1. The molecular weight excluding hydrogens is 567 g/mol. The lowest BCUT2D eigenvalue weighted by molar-refractivity contribution is 0.299. The first-order chi connectivity index (χ1) is 21.8. The van der Waals surface area contributed by atoms with Crippen molar-refractivity contribution < 1.29 is 4.42 Å². The smallest absolute Gasteiger partial charge is 0.136 e. The molecule has 45 heavy (non-hydrogen) atoms. The lowest BCUT2D eigenvalue weighted by Crippen LogP contribution is -2.43. The van der Waals surface area contributed by atoms with Crippen LogP contribution in [-0.4, -0.2) is 0 Å². The molecule has 2 aromatic heterocycles. The highest BCUT2D eigenvalue weighted by Crippen LogP contribution is 2.56. The predicted molar refractivity (Wildman–Crippen MR) is 193 cm³/mol. The Balaban J connectivity index is 1.32. The minimum Gasteiger partial charge on any atom is -0.456 e. The van der Waals surface area contributed by atoms with Crippen molar-refractivity contribution in [3.05, 3.63) is 139 Å². The maximum absolute atomic E-state index is 6.58. The monoisotopic (exact) mass is 599 g/mol. The van der Waals surface area contributed by atoms with Crippen LogP contribution in [0.25, 0.3) is 53.2 Å². The van der Waals surface area contributed by atoms with Crippen LogP contribution in [0.2, 0.25) is 0 Å². The highest BCUT2D eigenvalue weighted by Gasteiger charge is 2.46. The first-order valence-corrected chi connectivity index (χ1v) is 16.5. The standard InChI is InChI=1S/C42H33NOS/c1-41(2)33-16-10-8-15-30(33)39-34(42(41,3)4)20-22-36-40(39)32-25-27(18-21-35(32)44-36)43(26-12-6-5-7-13-26)28-19-23-38-31(24-28)29-14-9-11-17-37(29)45-38/h5-25H,1-4H3.